The highest BCUT2D eigenvalue weighted by Crippen LogP contribution is 2.38. The average molecular weight is 308 g/mol. The van der Waals surface area contributed by atoms with E-state index in [0.717, 1.165) is 10.4 Å². The van der Waals surface area contributed by atoms with Gasteiger partial charge in [0.1, 0.15) is 0 Å². The minimum absolute atomic E-state index is 0.856. The third-order valence-corrected chi connectivity index (χ3v) is 4.95. The second-order valence-electron chi connectivity index (χ2n) is 2.85. The molecule has 4 heteroatoms. The van der Waals surface area contributed by atoms with Crippen LogP contribution in [0.3, 0.4) is 0 Å². The van der Waals surface area contributed by atoms with E-state index < -0.39 is 0 Å². The van der Waals surface area contributed by atoms with Crippen molar-refractivity contribution in [2.75, 3.05) is 6.26 Å². The van der Waals surface area contributed by atoms with E-state index in [1.807, 2.05) is 6.07 Å². The third kappa shape index (κ3) is 1.71. The van der Waals surface area contributed by atoms with Crippen LogP contribution in [0.2, 0.25) is 5.02 Å². The van der Waals surface area contributed by atoms with Crippen LogP contribution in [0.5, 0.6) is 0 Å². The van der Waals surface area contributed by atoms with Crippen LogP contribution in [0.4, 0.5) is 0 Å². The summed E-state index contributed by atoms with van der Waals surface area (Å²) in [4.78, 5) is 1.31. The molecule has 0 N–H and O–H groups in total. The van der Waals surface area contributed by atoms with Crippen LogP contribution in [0.25, 0.3) is 10.1 Å². The largest absolute Gasteiger partial charge is 0.142 e. The zero-order chi connectivity index (χ0) is 10.1. The Morgan fingerprint density at radius 1 is 1.50 bits per heavy atom. The van der Waals surface area contributed by atoms with Crippen molar-refractivity contribution in [3.8, 4) is 0 Å². The highest BCUT2D eigenvalue weighted by atomic mass is 79.9. The van der Waals surface area contributed by atoms with Crippen molar-refractivity contribution in [1.82, 2.24) is 0 Å². The molecule has 2 aromatic rings. The Morgan fingerprint density at radius 3 is 2.93 bits per heavy atom. The van der Waals surface area contributed by atoms with Crippen LogP contribution in [-0.4, -0.2) is 6.26 Å². The van der Waals surface area contributed by atoms with Gasteiger partial charge in [-0.05, 0) is 29.3 Å². The highest BCUT2D eigenvalue weighted by molar-refractivity contribution is 9.08. The van der Waals surface area contributed by atoms with E-state index in [2.05, 4.69) is 33.6 Å². The summed E-state index contributed by atoms with van der Waals surface area (Å²) >= 11 is 13.1. The summed E-state index contributed by atoms with van der Waals surface area (Å²) in [6.07, 6.45) is 2.10. The number of thioether (sulfide) groups is 1. The molecule has 74 valence electrons. The molecule has 0 atom stereocenters. The molecule has 0 bridgehead atoms. The molecular formula is C10H8BrClS2. The van der Waals surface area contributed by atoms with Crippen LogP contribution >= 0.6 is 50.6 Å². The van der Waals surface area contributed by atoms with Gasteiger partial charge in [-0.2, -0.15) is 0 Å². The van der Waals surface area contributed by atoms with Gasteiger partial charge >= 0.3 is 0 Å². The molecule has 0 amide bonds. The first kappa shape index (κ1) is 10.8. The molecule has 0 saturated heterocycles. The molecule has 0 nitrogen and oxygen atoms in total. The molecular weight excluding hydrogens is 300 g/mol. The molecule has 1 aromatic heterocycles. The Balaban J connectivity index is 2.82. The quantitative estimate of drug-likeness (QED) is 0.545. The number of halogens is 2. The first-order valence-electron chi connectivity index (χ1n) is 4.06. The third-order valence-electron chi connectivity index (χ3n) is 2.08. The molecule has 0 aliphatic carbocycles. The topological polar surface area (TPSA) is 0 Å². The predicted molar refractivity (Wildman–Crippen MR) is 71.2 cm³/mol. The molecule has 0 aliphatic rings. The molecule has 2 rings (SSSR count). The first-order valence-corrected chi connectivity index (χ1v) is 7.67. The molecule has 0 saturated carbocycles. The summed E-state index contributed by atoms with van der Waals surface area (Å²) in [5, 5.41) is 5.23. The SMILES string of the molecule is CSc1ccc(Cl)c2scc(CBr)c12. The Bertz CT molecular complexity index is 464. The van der Waals surface area contributed by atoms with Crippen molar-refractivity contribution in [2.24, 2.45) is 0 Å². The van der Waals surface area contributed by atoms with Gasteiger partial charge in [-0.25, -0.2) is 0 Å². The van der Waals surface area contributed by atoms with E-state index in [-0.39, 0.29) is 0 Å². The van der Waals surface area contributed by atoms with E-state index >= 15 is 0 Å². The fourth-order valence-electron chi connectivity index (χ4n) is 1.42. The van der Waals surface area contributed by atoms with Gasteiger partial charge in [0.2, 0.25) is 0 Å². The standard InChI is InChI=1S/C10H8BrClS2/c1-13-8-3-2-7(12)10-9(8)6(4-11)5-14-10/h2-3,5H,4H2,1H3. The van der Waals surface area contributed by atoms with Crippen molar-refractivity contribution < 1.29 is 0 Å². The van der Waals surface area contributed by atoms with E-state index in [1.54, 1.807) is 23.1 Å². The Labute approximate surface area is 105 Å². The van der Waals surface area contributed by atoms with Crippen LogP contribution in [0.1, 0.15) is 5.56 Å². The summed E-state index contributed by atoms with van der Waals surface area (Å²) in [6, 6.07) is 4.07. The summed E-state index contributed by atoms with van der Waals surface area (Å²) in [7, 11) is 0. The van der Waals surface area contributed by atoms with Crippen molar-refractivity contribution >= 4 is 60.7 Å². The maximum absolute atomic E-state index is 6.14. The van der Waals surface area contributed by atoms with Gasteiger partial charge in [-0.3, -0.25) is 0 Å². The lowest BCUT2D eigenvalue weighted by Gasteiger charge is -2.02. The van der Waals surface area contributed by atoms with Gasteiger partial charge < -0.3 is 0 Å². The van der Waals surface area contributed by atoms with Gasteiger partial charge in [0.05, 0.1) is 9.72 Å². The number of hydrogen-bond donors (Lipinski definition) is 0. The number of alkyl halides is 1. The van der Waals surface area contributed by atoms with Crippen LogP contribution in [-0.2, 0) is 5.33 Å². The van der Waals surface area contributed by atoms with Gasteiger partial charge in [-0.1, -0.05) is 27.5 Å². The molecule has 1 aromatic carbocycles. The van der Waals surface area contributed by atoms with Crippen LogP contribution < -0.4 is 0 Å². The van der Waals surface area contributed by atoms with E-state index in [1.165, 1.54) is 20.5 Å². The van der Waals surface area contributed by atoms with Gasteiger partial charge in [0, 0.05) is 15.6 Å². The van der Waals surface area contributed by atoms with Crippen LogP contribution in [0, 0.1) is 0 Å². The minimum atomic E-state index is 0.856. The van der Waals surface area contributed by atoms with Gasteiger partial charge in [0.25, 0.3) is 0 Å². The minimum Gasteiger partial charge on any atom is -0.142 e. The van der Waals surface area contributed by atoms with Gasteiger partial charge in [-0.15, -0.1) is 23.1 Å². The number of rotatable bonds is 2. The zero-order valence-electron chi connectivity index (χ0n) is 7.51. The van der Waals surface area contributed by atoms with E-state index in [9.17, 15) is 0 Å². The fourth-order valence-corrected chi connectivity index (χ4v) is 4.07. The van der Waals surface area contributed by atoms with Crippen molar-refractivity contribution in [3.63, 3.8) is 0 Å². The van der Waals surface area contributed by atoms with Crippen LogP contribution in [0.15, 0.2) is 22.4 Å². The lowest BCUT2D eigenvalue weighted by molar-refractivity contribution is 1.48. The number of benzene rings is 1. The number of fused-ring (bicyclic) bond motifs is 1. The molecule has 0 fully saturated rings. The Kier molecular flexibility index (Phi) is 3.42. The summed E-state index contributed by atoms with van der Waals surface area (Å²) in [5.41, 5.74) is 1.33. The second kappa shape index (κ2) is 4.44. The molecule has 14 heavy (non-hydrogen) atoms. The fraction of sp³-hybridized carbons (Fsp3) is 0.200. The summed E-state index contributed by atoms with van der Waals surface area (Å²) in [5.74, 6) is 0. The van der Waals surface area contributed by atoms with E-state index in [4.69, 9.17) is 11.6 Å². The smallest absolute Gasteiger partial charge is 0.0585 e. The predicted octanol–water partition coefficient (Wildman–Crippen LogP) is 5.17. The van der Waals surface area contributed by atoms with Crippen molar-refractivity contribution in [3.05, 3.63) is 28.1 Å². The molecule has 0 radical (unpaired) electrons. The second-order valence-corrected chi connectivity index (χ2v) is 5.54. The normalized spacial score (nSPS) is 11.1. The average Bonchev–Trinajstić information content (AvgIpc) is 2.63. The molecule has 0 aliphatic heterocycles. The molecule has 0 unspecified atom stereocenters. The zero-order valence-corrected chi connectivity index (χ0v) is 11.5. The number of hydrogen-bond acceptors (Lipinski definition) is 2. The van der Waals surface area contributed by atoms with Gasteiger partial charge in [0.15, 0.2) is 0 Å². The summed E-state index contributed by atoms with van der Waals surface area (Å²) < 4.78 is 1.20. The lowest BCUT2D eigenvalue weighted by atomic mass is 10.2. The summed E-state index contributed by atoms with van der Waals surface area (Å²) in [6.45, 7) is 0. The van der Waals surface area contributed by atoms with Crippen molar-refractivity contribution in [2.45, 2.75) is 10.2 Å². The maximum atomic E-state index is 6.14. The first-order chi connectivity index (χ1) is 6.77. The number of thiophene rings is 1. The molecule has 0 spiro atoms. The highest BCUT2D eigenvalue weighted by Gasteiger charge is 2.10. The Morgan fingerprint density at radius 2 is 2.29 bits per heavy atom. The molecule has 1 heterocycles. The van der Waals surface area contributed by atoms with Crippen molar-refractivity contribution in [1.29, 1.82) is 0 Å². The Hall–Kier alpha value is 0.300. The lowest BCUT2D eigenvalue weighted by Crippen LogP contribution is -1.78. The monoisotopic (exact) mass is 306 g/mol. The van der Waals surface area contributed by atoms with E-state index in [0.29, 0.717) is 0 Å². The maximum Gasteiger partial charge on any atom is 0.0585 e.